The molecule has 0 aliphatic carbocycles. The van der Waals surface area contributed by atoms with Gasteiger partial charge in [0.25, 0.3) is 0 Å². The first kappa shape index (κ1) is 12.7. The van der Waals surface area contributed by atoms with Crippen LogP contribution in [0, 0.1) is 0 Å². The predicted octanol–water partition coefficient (Wildman–Crippen LogP) is 5.59. The lowest BCUT2D eigenvalue weighted by Gasteiger charge is -2.13. The van der Waals surface area contributed by atoms with Crippen LogP contribution in [0.4, 0.5) is 0 Å². The van der Waals surface area contributed by atoms with Gasteiger partial charge in [-0.15, -0.1) is 0 Å². The van der Waals surface area contributed by atoms with Gasteiger partial charge in [-0.25, -0.2) is 0 Å². The molecule has 5 rings (SSSR count). The Kier molecular flexibility index (Phi) is 2.68. The van der Waals surface area contributed by atoms with Crippen LogP contribution >= 0.6 is 0 Å². The van der Waals surface area contributed by atoms with E-state index in [-0.39, 0.29) is 0 Å². The second-order valence-electron chi connectivity index (χ2n) is 6.11. The van der Waals surface area contributed by atoms with Crippen LogP contribution < -0.4 is 4.74 Å². The second kappa shape index (κ2) is 4.85. The molecule has 0 spiro atoms. The van der Waals surface area contributed by atoms with Crippen molar-refractivity contribution in [2.75, 3.05) is 6.61 Å². The molecule has 1 heterocycles. The van der Waals surface area contributed by atoms with E-state index in [1.807, 2.05) is 0 Å². The molecule has 0 unspecified atom stereocenters. The monoisotopic (exact) mass is 296 g/mol. The minimum atomic E-state index is 0.733. The van der Waals surface area contributed by atoms with Crippen LogP contribution in [-0.4, -0.2) is 6.61 Å². The van der Waals surface area contributed by atoms with Gasteiger partial charge in [0.05, 0.1) is 6.61 Å². The van der Waals surface area contributed by atoms with Crippen molar-refractivity contribution >= 4 is 21.5 Å². The first-order valence-corrected chi connectivity index (χ1v) is 8.07. The van der Waals surface area contributed by atoms with Gasteiger partial charge in [0.15, 0.2) is 0 Å². The summed E-state index contributed by atoms with van der Waals surface area (Å²) >= 11 is 0. The molecule has 23 heavy (non-hydrogen) atoms. The van der Waals surface area contributed by atoms with E-state index in [0.717, 1.165) is 18.8 Å². The van der Waals surface area contributed by atoms with Crippen molar-refractivity contribution in [2.45, 2.75) is 6.42 Å². The standard InChI is InChI=1S/C22H16O/c1-2-7-17-14-20-18(13-16(17)6-1)11-12-23-21-10-9-15-5-3-4-8-19(15)22(20)21/h1-10,13-14H,11-12H2. The Labute approximate surface area is 135 Å². The summed E-state index contributed by atoms with van der Waals surface area (Å²) in [6.45, 7) is 0.733. The molecule has 0 aromatic heterocycles. The number of rotatable bonds is 0. The van der Waals surface area contributed by atoms with Gasteiger partial charge in [0, 0.05) is 12.0 Å². The summed E-state index contributed by atoms with van der Waals surface area (Å²) < 4.78 is 6.07. The Hall–Kier alpha value is -2.80. The topological polar surface area (TPSA) is 9.23 Å². The van der Waals surface area contributed by atoms with Gasteiger partial charge >= 0.3 is 0 Å². The highest BCUT2D eigenvalue weighted by atomic mass is 16.5. The largest absolute Gasteiger partial charge is 0.493 e. The molecular weight excluding hydrogens is 280 g/mol. The molecule has 0 radical (unpaired) electrons. The zero-order valence-corrected chi connectivity index (χ0v) is 12.8. The fraction of sp³-hybridized carbons (Fsp3) is 0.0909. The SMILES string of the molecule is c1ccc2cc3c(cc2c1)CCOc1ccc2ccccc2c1-3. The van der Waals surface area contributed by atoms with Crippen LogP contribution in [0.2, 0.25) is 0 Å². The average molecular weight is 296 g/mol. The molecule has 1 aliphatic heterocycles. The van der Waals surface area contributed by atoms with Gasteiger partial charge in [-0.1, -0.05) is 60.7 Å². The van der Waals surface area contributed by atoms with Gasteiger partial charge < -0.3 is 4.74 Å². The molecule has 0 saturated carbocycles. The van der Waals surface area contributed by atoms with Crippen molar-refractivity contribution in [2.24, 2.45) is 0 Å². The highest BCUT2D eigenvalue weighted by Gasteiger charge is 2.18. The van der Waals surface area contributed by atoms with Crippen molar-refractivity contribution in [3.05, 3.63) is 78.4 Å². The van der Waals surface area contributed by atoms with E-state index in [9.17, 15) is 0 Å². The molecule has 110 valence electrons. The van der Waals surface area contributed by atoms with E-state index < -0.39 is 0 Å². The predicted molar refractivity (Wildman–Crippen MR) is 96.1 cm³/mol. The van der Waals surface area contributed by atoms with Crippen LogP contribution in [0.3, 0.4) is 0 Å². The average Bonchev–Trinajstić information content (AvgIpc) is 2.78. The summed E-state index contributed by atoms with van der Waals surface area (Å²) in [6, 6.07) is 26.1. The number of ether oxygens (including phenoxy) is 1. The van der Waals surface area contributed by atoms with E-state index in [1.54, 1.807) is 0 Å². The van der Waals surface area contributed by atoms with Crippen LogP contribution in [0.15, 0.2) is 72.8 Å². The van der Waals surface area contributed by atoms with Gasteiger partial charge in [-0.05, 0) is 44.8 Å². The Morgan fingerprint density at radius 1 is 0.696 bits per heavy atom. The number of hydrogen-bond donors (Lipinski definition) is 0. The third kappa shape index (κ3) is 1.93. The van der Waals surface area contributed by atoms with E-state index in [0.29, 0.717) is 0 Å². The molecule has 0 atom stereocenters. The lowest BCUT2D eigenvalue weighted by Crippen LogP contribution is -1.98. The molecule has 0 saturated heterocycles. The lowest BCUT2D eigenvalue weighted by molar-refractivity contribution is 0.327. The Morgan fingerprint density at radius 3 is 2.30 bits per heavy atom. The van der Waals surface area contributed by atoms with E-state index in [1.165, 1.54) is 38.2 Å². The van der Waals surface area contributed by atoms with E-state index >= 15 is 0 Å². The summed E-state index contributed by atoms with van der Waals surface area (Å²) in [5.41, 5.74) is 3.92. The lowest BCUT2D eigenvalue weighted by atomic mass is 9.91. The maximum Gasteiger partial charge on any atom is 0.127 e. The van der Waals surface area contributed by atoms with Crippen molar-refractivity contribution in [3.63, 3.8) is 0 Å². The molecule has 4 aromatic rings. The number of fused-ring (bicyclic) bond motifs is 6. The summed E-state index contributed by atoms with van der Waals surface area (Å²) in [4.78, 5) is 0. The van der Waals surface area contributed by atoms with Crippen molar-refractivity contribution in [3.8, 4) is 16.9 Å². The van der Waals surface area contributed by atoms with Crippen molar-refractivity contribution in [1.29, 1.82) is 0 Å². The Bertz CT molecular complexity index is 1050. The molecule has 0 amide bonds. The van der Waals surface area contributed by atoms with Crippen molar-refractivity contribution < 1.29 is 4.74 Å². The minimum Gasteiger partial charge on any atom is -0.493 e. The Balaban J connectivity index is 1.93. The molecule has 4 aromatic carbocycles. The maximum atomic E-state index is 6.07. The molecule has 1 heteroatoms. The molecule has 0 bridgehead atoms. The summed E-state index contributed by atoms with van der Waals surface area (Å²) in [6.07, 6.45) is 0.948. The van der Waals surface area contributed by atoms with Gasteiger partial charge in [-0.3, -0.25) is 0 Å². The van der Waals surface area contributed by atoms with Crippen LogP contribution in [0.25, 0.3) is 32.7 Å². The zero-order valence-electron chi connectivity index (χ0n) is 12.8. The molecule has 0 fully saturated rings. The van der Waals surface area contributed by atoms with Gasteiger partial charge in [0.1, 0.15) is 5.75 Å². The first-order chi connectivity index (χ1) is 11.4. The smallest absolute Gasteiger partial charge is 0.127 e. The summed E-state index contributed by atoms with van der Waals surface area (Å²) in [5.74, 6) is 0.998. The van der Waals surface area contributed by atoms with E-state index in [4.69, 9.17) is 4.74 Å². The normalized spacial score (nSPS) is 13.2. The first-order valence-electron chi connectivity index (χ1n) is 8.07. The molecule has 0 N–H and O–H groups in total. The quantitative estimate of drug-likeness (QED) is 0.411. The number of benzene rings is 4. The third-order valence-electron chi connectivity index (χ3n) is 4.76. The van der Waals surface area contributed by atoms with Crippen LogP contribution in [-0.2, 0) is 6.42 Å². The Morgan fingerprint density at radius 2 is 1.43 bits per heavy atom. The highest BCUT2D eigenvalue weighted by Crippen LogP contribution is 2.42. The fourth-order valence-electron chi connectivity index (χ4n) is 3.65. The summed E-state index contributed by atoms with van der Waals surface area (Å²) in [7, 11) is 0. The third-order valence-corrected chi connectivity index (χ3v) is 4.76. The fourth-order valence-corrected chi connectivity index (χ4v) is 3.65. The van der Waals surface area contributed by atoms with E-state index in [2.05, 4.69) is 72.8 Å². The van der Waals surface area contributed by atoms with Crippen LogP contribution in [0.1, 0.15) is 5.56 Å². The summed E-state index contributed by atoms with van der Waals surface area (Å²) in [5, 5.41) is 5.11. The van der Waals surface area contributed by atoms with Gasteiger partial charge in [0.2, 0.25) is 0 Å². The minimum absolute atomic E-state index is 0.733. The van der Waals surface area contributed by atoms with Gasteiger partial charge in [-0.2, -0.15) is 0 Å². The highest BCUT2D eigenvalue weighted by molar-refractivity contribution is 6.03. The molecular formula is C22H16O. The zero-order chi connectivity index (χ0) is 15.2. The van der Waals surface area contributed by atoms with Crippen molar-refractivity contribution in [1.82, 2.24) is 0 Å². The maximum absolute atomic E-state index is 6.07. The molecule has 1 nitrogen and oxygen atoms in total. The van der Waals surface area contributed by atoms with Crippen LogP contribution in [0.5, 0.6) is 5.75 Å². The second-order valence-corrected chi connectivity index (χ2v) is 6.11. The number of hydrogen-bond acceptors (Lipinski definition) is 1. The molecule has 1 aliphatic rings.